The summed E-state index contributed by atoms with van der Waals surface area (Å²) in [5.74, 6) is -0.650. The molecule has 1 aromatic heterocycles. The minimum Gasteiger partial charge on any atom is -0.492 e. The number of carbonyl (C=O) groups excluding carboxylic acids is 1. The number of nitrogens with zero attached hydrogens (tertiary/aromatic N) is 2. The van der Waals surface area contributed by atoms with E-state index in [1.807, 2.05) is 34.6 Å². The third kappa shape index (κ3) is 4.99. The highest BCUT2D eigenvalue weighted by molar-refractivity contribution is 9.10. The lowest BCUT2D eigenvalue weighted by molar-refractivity contribution is 0.0949. The highest BCUT2D eigenvalue weighted by Crippen LogP contribution is 2.44. The second kappa shape index (κ2) is 10.1. The molecule has 7 nitrogen and oxygen atoms in total. The molecule has 2 fully saturated rings. The van der Waals surface area contributed by atoms with E-state index in [0.717, 1.165) is 28.4 Å². The lowest BCUT2D eigenvalue weighted by atomic mass is 10.0. The van der Waals surface area contributed by atoms with Crippen LogP contribution in [0.25, 0.3) is 10.9 Å². The molecule has 1 saturated carbocycles. The second-order valence-electron chi connectivity index (χ2n) is 10.3. The van der Waals surface area contributed by atoms with Crippen LogP contribution in [0, 0.1) is 12.7 Å². The molecule has 2 aliphatic rings. The van der Waals surface area contributed by atoms with Crippen molar-refractivity contribution in [1.82, 2.24) is 15.2 Å². The second-order valence-corrected chi connectivity index (χ2v) is 11.2. The van der Waals surface area contributed by atoms with Crippen molar-refractivity contribution in [3.05, 3.63) is 67.7 Å². The van der Waals surface area contributed by atoms with Crippen LogP contribution in [0.5, 0.6) is 5.75 Å². The van der Waals surface area contributed by atoms with Crippen molar-refractivity contribution in [2.75, 3.05) is 25.1 Å². The number of carbonyl (C=O) groups is 1. The van der Waals surface area contributed by atoms with Gasteiger partial charge in [-0.1, -0.05) is 22.0 Å². The summed E-state index contributed by atoms with van der Waals surface area (Å²) in [4.78, 5) is 28.8. The molecular weight excluding hydrogens is 539 g/mol. The van der Waals surface area contributed by atoms with Gasteiger partial charge in [0.2, 0.25) is 5.43 Å². The van der Waals surface area contributed by atoms with Gasteiger partial charge in [0.1, 0.15) is 11.3 Å². The lowest BCUT2D eigenvalue weighted by Gasteiger charge is -2.38. The first-order valence-electron chi connectivity index (χ1n) is 12.7. The molecule has 2 atom stereocenters. The van der Waals surface area contributed by atoms with E-state index in [9.17, 15) is 9.59 Å². The van der Waals surface area contributed by atoms with E-state index in [0.29, 0.717) is 30.0 Å². The summed E-state index contributed by atoms with van der Waals surface area (Å²) < 4.78 is 24.4. The molecule has 37 heavy (non-hydrogen) atoms. The van der Waals surface area contributed by atoms with Gasteiger partial charge in [-0.2, -0.15) is 0 Å². The highest BCUT2D eigenvalue weighted by Gasteiger charge is 2.33. The zero-order valence-corrected chi connectivity index (χ0v) is 23.1. The number of benzene rings is 2. The topological polar surface area (TPSA) is 75.6 Å². The Hall–Kier alpha value is -2.91. The lowest BCUT2D eigenvalue weighted by Crippen LogP contribution is -2.54. The number of halogens is 2. The fourth-order valence-corrected chi connectivity index (χ4v) is 5.85. The van der Waals surface area contributed by atoms with Gasteiger partial charge in [0.05, 0.1) is 18.0 Å². The molecule has 3 aromatic rings. The Morgan fingerprint density at radius 3 is 2.54 bits per heavy atom. The minimum atomic E-state index is -0.520. The minimum absolute atomic E-state index is 0.00721. The number of hydrogen-bond acceptors (Lipinski definition) is 5. The smallest absolute Gasteiger partial charge is 0.257 e. The van der Waals surface area contributed by atoms with Crippen molar-refractivity contribution >= 4 is 38.4 Å². The number of ether oxygens (including phenoxy) is 1. The van der Waals surface area contributed by atoms with Crippen molar-refractivity contribution in [2.45, 2.75) is 58.3 Å². The number of fused-ring (bicyclic) bond motifs is 1. The Balaban J connectivity index is 1.58. The average Bonchev–Trinajstić information content (AvgIpc) is 3.68. The maximum atomic E-state index is 15.7. The van der Waals surface area contributed by atoms with Crippen molar-refractivity contribution in [1.29, 1.82) is 0 Å². The van der Waals surface area contributed by atoms with Gasteiger partial charge in [-0.05, 0) is 62.9 Å². The molecule has 196 valence electrons. The van der Waals surface area contributed by atoms with Gasteiger partial charge in [0.25, 0.3) is 5.91 Å². The van der Waals surface area contributed by atoms with Gasteiger partial charge >= 0.3 is 0 Å². The van der Waals surface area contributed by atoms with E-state index >= 15 is 4.39 Å². The number of methoxy groups -OCH3 is 1. The summed E-state index contributed by atoms with van der Waals surface area (Å²) in [7, 11) is 1.51. The molecule has 2 heterocycles. The fraction of sp³-hybridized carbons (Fsp3) is 0.429. The first-order valence-corrected chi connectivity index (χ1v) is 13.5. The molecule has 0 unspecified atom stereocenters. The van der Waals surface area contributed by atoms with Crippen molar-refractivity contribution < 1.29 is 13.9 Å². The first kappa shape index (κ1) is 25.7. The monoisotopic (exact) mass is 570 g/mol. The van der Waals surface area contributed by atoms with Crippen LogP contribution in [-0.4, -0.2) is 42.8 Å². The van der Waals surface area contributed by atoms with Gasteiger partial charge in [-0.3, -0.25) is 9.59 Å². The van der Waals surface area contributed by atoms with Crippen LogP contribution in [-0.2, 0) is 6.54 Å². The number of hydrogen-bond donors (Lipinski definition) is 2. The third-order valence-electron chi connectivity index (χ3n) is 7.21. The number of piperazine rings is 1. The Bertz CT molecular complexity index is 1430. The number of anilines is 1. The number of nitrogens with one attached hydrogen (secondary N) is 2. The molecule has 9 heteroatoms. The number of pyridine rings is 1. The van der Waals surface area contributed by atoms with Crippen LogP contribution in [0.15, 0.2) is 39.7 Å². The molecule has 1 aliphatic heterocycles. The Kier molecular flexibility index (Phi) is 7.02. The first-order chi connectivity index (χ1) is 17.7. The van der Waals surface area contributed by atoms with Crippen LogP contribution >= 0.6 is 15.9 Å². The number of aromatic nitrogens is 1. The molecule has 0 radical (unpaired) electrons. The van der Waals surface area contributed by atoms with Crippen LogP contribution in [0.4, 0.5) is 10.1 Å². The SMILES string of the molecule is COc1c(N2C[C@@H](C)N[C@@H](C)C2)c(F)cc2c(=O)c(C(=O)NCc3ccc(Br)cc3C)cn(C3CC3)c12. The predicted molar refractivity (Wildman–Crippen MR) is 147 cm³/mol. The van der Waals surface area contributed by atoms with E-state index in [4.69, 9.17) is 4.74 Å². The maximum absolute atomic E-state index is 15.7. The standard InChI is InChI=1S/C28H32BrFN4O3/c1-15-9-19(29)6-5-18(15)11-31-28(36)22-14-34(20-7-8-20)24-21(26(22)35)10-23(30)25(27(24)37-4)33-12-16(2)32-17(3)13-33/h5-6,9-10,14,16-17,20,32H,7-8,11-13H2,1-4H3,(H,31,36)/t16-,17+. The van der Waals surface area contributed by atoms with Crippen LogP contribution < -0.4 is 25.7 Å². The largest absolute Gasteiger partial charge is 0.492 e. The molecule has 0 spiro atoms. The zero-order valence-electron chi connectivity index (χ0n) is 21.5. The molecule has 5 rings (SSSR count). The van der Waals surface area contributed by atoms with Gasteiger partial charge < -0.3 is 24.8 Å². The van der Waals surface area contributed by atoms with Crippen molar-refractivity contribution in [3.8, 4) is 5.75 Å². The molecule has 1 saturated heterocycles. The summed E-state index contributed by atoms with van der Waals surface area (Å²) in [5, 5.41) is 6.50. The van der Waals surface area contributed by atoms with Gasteiger partial charge in [0.15, 0.2) is 11.6 Å². The van der Waals surface area contributed by atoms with Crippen molar-refractivity contribution in [3.63, 3.8) is 0 Å². The quantitative estimate of drug-likeness (QED) is 0.450. The Morgan fingerprint density at radius 2 is 1.92 bits per heavy atom. The normalized spacial score (nSPS) is 19.8. The summed E-state index contributed by atoms with van der Waals surface area (Å²) in [6.45, 7) is 7.62. The van der Waals surface area contributed by atoms with E-state index in [1.165, 1.54) is 13.2 Å². The van der Waals surface area contributed by atoms with Crippen molar-refractivity contribution in [2.24, 2.45) is 0 Å². The fourth-order valence-electron chi connectivity index (χ4n) is 5.37. The number of aryl methyl sites for hydroxylation is 1. The predicted octanol–water partition coefficient (Wildman–Crippen LogP) is 4.67. The van der Waals surface area contributed by atoms with Gasteiger partial charge in [0, 0.05) is 48.4 Å². The third-order valence-corrected chi connectivity index (χ3v) is 7.70. The van der Waals surface area contributed by atoms with E-state index in [-0.39, 0.29) is 35.6 Å². The van der Waals surface area contributed by atoms with E-state index in [1.54, 1.807) is 6.20 Å². The summed E-state index contributed by atoms with van der Waals surface area (Å²) in [6, 6.07) is 7.59. The molecule has 2 aromatic carbocycles. The van der Waals surface area contributed by atoms with E-state index in [2.05, 4.69) is 40.4 Å². The summed E-state index contributed by atoms with van der Waals surface area (Å²) in [5.41, 5.74) is 2.41. The Labute approximate surface area is 224 Å². The highest BCUT2D eigenvalue weighted by atomic mass is 79.9. The molecule has 2 N–H and O–H groups in total. The van der Waals surface area contributed by atoms with Crippen LogP contribution in [0.1, 0.15) is 54.2 Å². The number of amides is 1. The maximum Gasteiger partial charge on any atom is 0.257 e. The summed E-state index contributed by atoms with van der Waals surface area (Å²) in [6.07, 6.45) is 3.47. The van der Waals surface area contributed by atoms with Gasteiger partial charge in [-0.15, -0.1) is 0 Å². The average molecular weight is 571 g/mol. The molecule has 0 bridgehead atoms. The zero-order chi connectivity index (χ0) is 26.4. The van der Waals surface area contributed by atoms with Crippen LogP contribution in [0.3, 0.4) is 0 Å². The molecular formula is C28H32BrFN4O3. The molecule has 1 aliphatic carbocycles. The van der Waals surface area contributed by atoms with Crippen LogP contribution in [0.2, 0.25) is 0 Å². The van der Waals surface area contributed by atoms with Gasteiger partial charge in [-0.25, -0.2) is 4.39 Å². The summed E-state index contributed by atoms with van der Waals surface area (Å²) >= 11 is 3.45. The number of rotatable bonds is 6. The molecule has 1 amide bonds. The Morgan fingerprint density at radius 1 is 1.22 bits per heavy atom. The van der Waals surface area contributed by atoms with E-state index < -0.39 is 17.2 Å².